The first-order chi connectivity index (χ1) is 15.5. The molecule has 0 unspecified atom stereocenters. The lowest BCUT2D eigenvalue weighted by molar-refractivity contribution is 0.0950. The van der Waals surface area contributed by atoms with Gasteiger partial charge < -0.3 is 5.32 Å². The van der Waals surface area contributed by atoms with Crippen molar-refractivity contribution >= 4 is 21.6 Å². The van der Waals surface area contributed by atoms with Gasteiger partial charge in [0.15, 0.2) is 0 Å². The smallest absolute Gasteiger partial charge is 0.261 e. The lowest BCUT2D eigenvalue weighted by Crippen LogP contribution is -2.23. The molecule has 3 aromatic carbocycles. The second kappa shape index (κ2) is 9.45. The number of hydrogen-bond acceptors (Lipinski definition) is 4. The zero-order valence-electron chi connectivity index (χ0n) is 17.1. The van der Waals surface area contributed by atoms with E-state index in [-0.39, 0.29) is 22.9 Å². The van der Waals surface area contributed by atoms with Crippen LogP contribution >= 0.6 is 0 Å². The number of aromatic nitrogens is 1. The minimum Gasteiger partial charge on any atom is -0.346 e. The molecule has 4 rings (SSSR count). The molecule has 2 N–H and O–H groups in total. The Morgan fingerprint density at radius 3 is 2.34 bits per heavy atom. The number of rotatable bonds is 7. The van der Waals surface area contributed by atoms with Crippen LogP contribution in [0.5, 0.6) is 0 Å². The van der Waals surface area contributed by atoms with Gasteiger partial charge in [0.05, 0.1) is 22.8 Å². The van der Waals surface area contributed by atoms with Crippen molar-refractivity contribution in [3.8, 4) is 11.1 Å². The monoisotopic (exact) mass is 443 g/mol. The molecule has 0 saturated heterocycles. The second-order valence-electron chi connectivity index (χ2n) is 7.05. The van der Waals surface area contributed by atoms with Crippen molar-refractivity contribution in [2.45, 2.75) is 11.4 Å². The number of nitrogens with zero attached hydrogens (tertiary/aromatic N) is 1. The Balaban J connectivity index is 1.55. The highest BCUT2D eigenvalue weighted by molar-refractivity contribution is 7.92. The molecular formula is C25H21N3O3S. The fourth-order valence-electron chi connectivity index (χ4n) is 3.23. The van der Waals surface area contributed by atoms with Gasteiger partial charge in [0.2, 0.25) is 0 Å². The van der Waals surface area contributed by atoms with Crippen LogP contribution in [-0.2, 0) is 16.6 Å². The van der Waals surface area contributed by atoms with Gasteiger partial charge in [0, 0.05) is 17.3 Å². The summed E-state index contributed by atoms with van der Waals surface area (Å²) in [5.74, 6) is -0.377. The third kappa shape index (κ3) is 5.01. The van der Waals surface area contributed by atoms with Crippen LogP contribution in [0.25, 0.3) is 11.1 Å². The van der Waals surface area contributed by atoms with E-state index in [1.54, 1.807) is 42.6 Å². The summed E-state index contributed by atoms with van der Waals surface area (Å²) in [5.41, 5.74) is 3.09. The van der Waals surface area contributed by atoms with Gasteiger partial charge in [-0.2, -0.15) is 0 Å². The van der Waals surface area contributed by atoms with E-state index in [4.69, 9.17) is 0 Å². The Hall–Kier alpha value is -3.97. The molecule has 1 heterocycles. The summed E-state index contributed by atoms with van der Waals surface area (Å²) < 4.78 is 28.8. The highest BCUT2D eigenvalue weighted by Gasteiger charge is 2.18. The topological polar surface area (TPSA) is 88.2 Å². The maximum Gasteiger partial charge on any atom is 0.261 e. The fourth-order valence-corrected chi connectivity index (χ4v) is 4.35. The third-order valence-electron chi connectivity index (χ3n) is 4.82. The zero-order chi connectivity index (χ0) is 22.4. The number of pyridine rings is 1. The molecule has 0 spiro atoms. The quantitative estimate of drug-likeness (QED) is 0.441. The summed E-state index contributed by atoms with van der Waals surface area (Å²) in [6.07, 6.45) is 1.65. The van der Waals surface area contributed by atoms with Crippen LogP contribution in [-0.4, -0.2) is 19.3 Å². The van der Waals surface area contributed by atoms with E-state index in [9.17, 15) is 13.2 Å². The first-order valence-electron chi connectivity index (χ1n) is 9.98. The number of anilines is 1. The van der Waals surface area contributed by atoms with Crippen LogP contribution in [0.15, 0.2) is 108 Å². The number of sulfonamides is 1. The van der Waals surface area contributed by atoms with Gasteiger partial charge in [0.25, 0.3) is 15.9 Å². The standard InChI is InChI=1S/C25H21N3O3S/c29-25(27-18-21-12-6-7-16-26-21)20-11-8-13-22(17-20)32(30,31)28-24-15-5-4-14-23(24)19-9-2-1-3-10-19/h1-17,28H,18H2,(H,27,29). The van der Waals surface area contributed by atoms with Gasteiger partial charge in [-0.1, -0.05) is 60.7 Å². The van der Waals surface area contributed by atoms with E-state index in [1.807, 2.05) is 48.5 Å². The Bertz CT molecular complexity index is 1320. The van der Waals surface area contributed by atoms with Crippen LogP contribution in [0.2, 0.25) is 0 Å². The summed E-state index contributed by atoms with van der Waals surface area (Å²) in [7, 11) is -3.91. The van der Waals surface area contributed by atoms with Gasteiger partial charge in [0.1, 0.15) is 0 Å². The molecule has 7 heteroatoms. The van der Waals surface area contributed by atoms with Crippen molar-refractivity contribution in [1.29, 1.82) is 0 Å². The summed E-state index contributed by atoms with van der Waals surface area (Å²) in [6.45, 7) is 0.249. The average Bonchev–Trinajstić information content (AvgIpc) is 2.84. The third-order valence-corrected chi connectivity index (χ3v) is 6.18. The van der Waals surface area contributed by atoms with Crippen molar-refractivity contribution in [2.24, 2.45) is 0 Å². The molecule has 0 bridgehead atoms. The molecule has 0 radical (unpaired) electrons. The zero-order valence-corrected chi connectivity index (χ0v) is 17.9. The largest absolute Gasteiger partial charge is 0.346 e. The minimum atomic E-state index is -3.91. The summed E-state index contributed by atoms with van der Waals surface area (Å²) in [6, 6.07) is 28.1. The van der Waals surface area contributed by atoms with Crippen molar-refractivity contribution in [2.75, 3.05) is 4.72 Å². The molecule has 0 aliphatic heterocycles. The lowest BCUT2D eigenvalue weighted by Gasteiger charge is -2.13. The van der Waals surface area contributed by atoms with E-state index < -0.39 is 10.0 Å². The van der Waals surface area contributed by atoms with Crippen molar-refractivity contribution < 1.29 is 13.2 Å². The van der Waals surface area contributed by atoms with Gasteiger partial charge in [-0.15, -0.1) is 0 Å². The maximum absolute atomic E-state index is 13.1. The molecule has 1 amide bonds. The van der Waals surface area contributed by atoms with E-state index in [2.05, 4.69) is 15.0 Å². The van der Waals surface area contributed by atoms with Gasteiger partial charge in [-0.3, -0.25) is 14.5 Å². The first kappa shape index (κ1) is 21.3. The molecule has 160 valence electrons. The Morgan fingerprint density at radius 1 is 0.812 bits per heavy atom. The Kier molecular flexibility index (Phi) is 6.28. The fraction of sp³-hybridized carbons (Fsp3) is 0.0400. The summed E-state index contributed by atoms with van der Waals surface area (Å²) in [4.78, 5) is 16.7. The number of hydrogen-bond donors (Lipinski definition) is 2. The SMILES string of the molecule is O=C(NCc1ccccn1)c1cccc(S(=O)(=O)Nc2ccccc2-c2ccccc2)c1. The minimum absolute atomic E-state index is 0.00542. The van der Waals surface area contributed by atoms with E-state index in [0.29, 0.717) is 11.4 Å². The van der Waals surface area contributed by atoms with Gasteiger partial charge in [-0.05, 0) is 42.0 Å². The average molecular weight is 444 g/mol. The predicted molar refractivity (Wildman–Crippen MR) is 125 cm³/mol. The first-order valence-corrected chi connectivity index (χ1v) is 11.5. The molecule has 4 aromatic rings. The lowest BCUT2D eigenvalue weighted by atomic mass is 10.0. The number of amides is 1. The number of para-hydroxylation sites is 1. The molecule has 0 aliphatic carbocycles. The molecule has 32 heavy (non-hydrogen) atoms. The van der Waals surface area contributed by atoms with Crippen molar-refractivity contribution in [3.05, 3.63) is 115 Å². The molecular weight excluding hydrogens is 422 g/mol. The highest BCUT2D eigenvalue weighted by Crippen LogP contribution is 2.29. The summed E-state index contributed by atoms with van der Waals surface area (Å²) >= 11 is 0. The normalized spacial score (nSPS) is 11.0. The molecule has 6 nitrogen and oxygen atoms in total. The van der Waals surface area contributed by atoms with E-state index >= 15 is 0 Å². The van der Waals surface area contributed by atoms with Crippen molar-refractivity contribution in [3.63, 3.8) is 0 Å². The van der Waals surface area contributed by atoms with Crippen LogP contribution in [0, 0.1) is 0 Å². The maximum atomic E-state index is 13.1. The van der Waals surface area contributed by atoms with E-state index in [1.165, 1.54) is 12.1 Å². The highest BCUT2D eigenvalue weighted by atomic mass is 32.2. The van der Waals surface area contributed by atoms with Crippen LogP contribution in [0.3, 0.4) is 0 Å². The van der Waals surface area contributed by atoms with Crippen molar-refractivity contribution in [1.82, 2.24) is 10.3 Å². The van der Waals surface area contributed by atoms with Crippen LogP contribution in [0.4, 0.5) is 5.69 Å². The molecule has 0 aliphatic rings. The molecule has 0 atom stereocenters. The van der Waals surface area contributed by atoms with Gasteiger partial charge in [-0.25, -0.2) is 8.42 Å². The van der Waals surface area contributed by atoms with Gasteiger partial charge >= 0.3 is 0 Å². The summed E-state index contributed by atoms with van der Waals surface area (Å²) in [5, 5.41) is 2.76. The number of carbonyl (C=O) groups excluding carboxylic acids is 1. The van der Waals surface area contributed by atoms with Crippen LogP contribution in [0.1, 0.15) is 16.1 Å². The molecule has 0 fully saturated rings. The Morgan fingerprint density at radius 2 is 1.56 bits per heavy atom. The Labute approximate surface area is 187 Å². The number of carbonyl (C=O) groups is 1. The number of benzene rings is 3. The molecule has 0 saturated carbocycles. The molecule has 1 aromatic heterocycles. The predicted octanol–water partition coefficient (Wildman–Crippen LogP) is 4.48. The van der Waals surface area contributed by atoms with Crippen LogP contribution < -0.4 is 10.0 Å². The number of nitrogens with one attached hydrogen (secondary N) is 2. The second-order valence-corrected chi connectivity index (χ2v) is 8.73. The van der Waals surface area contributed by atoms with E-state index in [0.717, 1.165) is 11.1 Å².